The maximum atomic E-state index is 14.4. The van der Waals surface area contributed by atoms with E-state index in [-0.39, 0.29) is 20.6 Å². The zero-order valence-electron chi connectivity index (χ0n) is 10.4. The number of pyridine rings is 1. The summed E-state index contributed by atoms with van der Waals surface area (Å²) >= 11 is 17.5. The Balaban J connectivity index is 2.84. The molecule has 0 saturated heterocycles. The molecule has 1 heterocycles. The molecule has 0 aliphatic heterocycles. The third-order valence-electron chi connectivity index (χ3n) is 2.72. The molecular weight excluding hydrogens is 366 g/mol. The summed E-state index contributed by atoms with van der Waals surface area (Å²) in [5.41, 5.74) is -2.08. The minimum Gasteiger partial charge on any atom is -0.481 e. The van der Waals surface area contributed by atoms with E-state index in [1.807, 2.05) is 0 Å². The van der Waals surface area contributed by atoms with Crippen molar-refractivity contribution >= 4 is 40.8 Å². The maximum absolute atomic E-state index is 14.4. The van der Waals surface area contributed by atoms with Crippen LogP contribution in [-0.2, 0) is 11.2 Å². The highest BCUT2D eigenvalue weighted by Crippen LogP contribution is 2.42. The van der Waals surface area contributed by atoms with Crippen molar-refractivity contribution in [1.82, 2.24) is 4.98 Å². The summed E-state index contributed by atoms with van der Waals surface area (Å²) in [5, 5.41) is 8.14. The summed E-state index contributed by atoms with van der Waals surface area (Å²) in [6.45, 7) is 0. The van der Waals surface area contributed by atoms with Gasteiger partial charge in [-0.3, -0.25) is 4.79 Å². The molecule has 116 valence electrons. The predicted molar refractivity (Wildman–Crippen MR) is 75.9 cm³/mol. The first-order valence-electron chi connectivity index (χ1n) is 5.63. The number of aromatic nitrogens is 1. The van der Waals surface area contributed by atoms with Gasteiger partial charge in [-0.25, -0.2) is 13.8 Å². The summed E-state index contributed by atoms with van der Waals surface area (Å²) in [6, 6.07) is 2.51. The zero-order valence-corrected chi connectivity index (χ0v) is 12.7. The minimum absolute atomic E-state index is 0.0585. The van der Waals surface area contributed by atoms with Crippen LogP contribution in [0, 0.1) is 17.6 Å². The quantitative estimate of drug-likeness (QED) is 0.626. The normalized spacial score (nSPS) is 10.8. The predicted octanol–water partition coefficient (Wildman–Crippen LogP) is 4.75. The lowest BCUT2D eigenvalue weighted by Gasteiger charge is -2.13. The fourth-order valence-electron chi connectivity index (χ4n) is 1.80. The van der Waals surface area contributed by atoms with E-state index in [9.17, 15) is 18.0 Å². The Hall–Kier alpha value is -1.50. The van der Waals surface area contributed by atoms with Crippen molar-refractivity contribution in [2.24, 2.45) is 0 Å². The highest BCUT2D eigenvalue weighted by molar-refractivity contribution is 6.46. The van der Waals surface area contributed by atoms with Gasteiger partial charge in [-0.1, -0.05) is 34.8 Å². The number of benzene rings is 1. The van der Waals surface area contributed by atoms with Gasteiger partial charge < -0.3 is 5.11 Å². The Labute approximate surface area is 137 Å². The van der Waals surface area contributed by atoms with Gasteiger partial charge in [0.25, 0.3) is 0 Å². The van der Waals surface area contributed by atoms with Crippen LogP contribution in [0.25, 0.3) is 11.1 Å². The van der Waals surface area contributed by atoms with Crippen LogP contribution in [0.1, 0.15) is 5.69 Å². The third kappa shape index (κ3) is 2.99. The first-order chi connectivity index (χ1) is 10.2. The molecule has 0 amide bonds. The van der Waals surface area contributed by atoms with Gasteiger partial charge in [0.05, 0.1) is 32.7 Å². The second kappa shape index (κ2) is 6.32. The van der Waals surface area contributed by atoms with Gasteiger partial charge in [-0.15, -0.1) is 0 Å². The molecule has 0 unspecified atom stereocenters. The van der Waals surface area contributed by atoms with E-state index in [2.05, 4.69) is 4.98 Å². The van der Waals surface area contributed by atoms with Crippen molar-refractivity contribution in [3.05, 3.63) is 50.5 Å². The first kappa shape index (κ1) is 16.9. The second-order valence-electron chi connectivity index (χ2n) is 4.14. The molecule has 9 heteroatoms. The Bertz CT molecular complexity index is 784. The van der Waals surface area contributed by atoms with Gasteiger partial charge in [-0.05, 0) is 12.1 Å². The fourth-order valence-corrected chi connectivity index (χ4v) is 2.51. The minimum atomic E-state index is -1.67. The summed E-state index contributed by atoms with van der Waals surface area (Å²) < 4.78 is 41.9. The zero-order chi connectivity index (χ0) is 16.6. The molecule has 1 N–H and O–H groups in total. The maximum Gasteiger partial charge on any atom is 0.309 e. The number of carbonyl (C=O) groups is 1. The molecule has 0 fully saturated rings. The van der Waals surface area contributed by atoms with Crippen molar-refractivity contribution in [2.45, 2.75) is 6.42 Å². The van der Waals surface area contributed by atoms with Crippen molar-refractivity contribution in [1.29, 1.82) is 0 Å². The number of aliphatic carboxylic acids is 1. The van der Waals surface area contributed by atoms with Crippen LogP contribution in [0.15, 0.2) is 12.1 Å². The Morgan fingerprint density at radius 1 is 1.05 bits per heavy atom. The molecule has 2 rings (SSSR count). The third-order valence-corrected chi connectivity index (χ3v) is 3.84. The summed E-state index contributed by atoms with van der Waals surface area (Å²) in [4.78, 5) is 13.6. The largest absolute Gasteiger partial charge is 0.481 e. The van der Waals surface area contributed by atoms with Gasteiger partial charge in [0.2, 0.25) is 5.95 Å². The Morgan fingerprint density at radius 2 is 1.64 bits per heavy atom. The molecular formula is C13H5Cl3F3NO2. The van der Waals surface area contributed by atoms with E-state index >= 15 is 0 Å². The first-order valence-corrected chi connectivity index (χ1v) is 6.76. The standard InChI is InChI=1S/C13H5Cl3F3NO2/c14-4-1-2-5(15)10(16)8(4)9-11(17)6(3-7(21)22)20-13(19)12(9)18/h1-2H,3H2,(H,21,22). The Morgan fingerprint density at radius 3 is 2.23 bits per heavy atom. The van der Waals surface area contributed by atoms with Crippen LogP contribution in [-0.4, -0.2) is 16.1 Å². The van der Waals surface area contributed by atoms with E-state index in [0.29, 0.717) is 0 Å². The molecule has 1 aromatic carbocycles. The van der Waals surface area contributed by atoms with Crippen molar-refractivity contribution in [3.8, 4) is 11.1 Å². The smallest absolute Gasteiger partial charge is 0.309 e. The second-order valence-corrected chi connectivity index (χ2v) is 5.33. The monoisotopic (exact) mass is 369 g/mol. The summed E-state index contributed by atoms with van der Waals surface area (Å²) in [6.07, 6.45) is -0.939. The van der Waals surface area contributed by atoms with E-state index in [4.69, 9.17) is 39.9 Å². The van der Waals surface area contributed by atoms with Gasteiger partial charge in [-0.2, -0.15) is 4.39 Å². The SMILES string of the molecule is O=C(O)Cc1nc(F)c(F)c(-c2c(Cl)ccc(Cl)c2Cl)c1F. The van der Waals surface area contributed by atoms with E-state index in [1.165, 1.54) is 12.1 Å². The summed E-state index contributed by atoms with van der Waals surface area (Å²) in [5.74, 6) is -6.14. The van der Waals surface area contributed by atoms with Crippen LogP contribution in [0.4, 0.5) is 13.2 Å². The van der Waals surface area contributed by atoms with Crippen LogP contribution in [0.2, 0.25) is 15.1 Å². The lowest BCUT2D eigenvalue weighted by atomic mass is 10.0. The van der Waals surface area contributed by atoms with Gasteiger partial charge in [0.15, 0.2) is 11.6 Å². The number of halogens is 6. The number of hydrogen-bond acceptors (Lipinski definition) is 2. The van der Waals surface area contributed by atoms with Crippen LogP contribution < -0.4 is 0 Å². The molecule has 22 heavy (non-hydrogen) atoms. The van der Waals surface area contributed by atoms with E-state index < -0.39 is 41.2 Å². The average Bonchev–Trinajstić information content (AvgIpc) is 2.43. The molecule has 0 radical (unpaired) electrons. The number of hydrogen-bond donors (Lipinski definition) is 1. The highest BCUT2D eigenvalue weighted by Gasteiger charge is 2.26. The number of carboxylic acids is 1. The molecule has 0 atom stereocenters. The molecule has 0 aliphatic rings. The Kier molecular flexibility index (Phi) is 4.84. The van der Waals surface area contributed by atoms with Gasteiger partial charge >= 0.3 is 5.97 Å². The number of rotatable bonds is 3. The molecule has 0 bridgehead atoms. The number of nitrogens with zero attached hydrogens (tertiary/aromatic N) is 1. The van der Waals surface area contributed by atoms with Crippen LogP contribution >= 0.6 is 34.8 Å². The van der Waals surface area contributed by atoms with Gasteiger partial charge in [0.1, 0.15) is 0 Å². The van der Waals surface area contributed by atoms with E-state index in [1.54, 1.807) is 0 Å². The molecule has 0 aliphatic carbocycles. The highest BCUT2D eigenvalue weighted by atomic mass is 35.5. The molecule has 0 spiro atoms. The molecule has 0 saturated carbocycles. The average molecular weight is 371 g/mol. The van der Waals surface area contributed by atoms with Crippen molar-refractivity contribution < 1.29 is 23.1 Å². The lowest BCUT2D eigenvalue weighted by molar-refractivity contribution is -0.136. The molecule has 2 aromatic rings. The molecule has 1 aromatic heterocycles. The molecule has 3 nitrogen and oxygen atoms in total. The summed E-state index contributed by atoms with van der Waals surface area (Å²) in [7, 11) is 0. The van der Waals surface area contributed by atoms with E-state index in [0.717, 1.165) is 0 Å². The fraction of sp³-hybridized carbons (Fsp3) is 0.0769. The van der Waals surface area contributed by atoms with Crippen molar-refractivity contribution in [2.75, 3.05) is 0 Å². The lowest BCUT2D eigenvalue weighted by Crippen LogP contribution is -2.10. The van der Waals surface area contributed by atoms with Crippen LogP contribution in [0.3, 0.4) is 0 Å². The number of carboxylic acid groups (broad SMARTS) is 1. The topological polar surface area (TPSA) is 50.2 Å². The van der Waals surface area contributed by atoms with Crippen LogP contribution in [0.5, 0.6) is 0 Å². The van der Waals surface area contributed by atoms with Gasteiger partial charge in [0, 0.05) is 5.56 Å². The van der Waals surface area contributed by atoms with Crippen molar-refractivity contribution in [3.63, 3.8) is 0 Å².